The lowest BCUT2D eigenvalue weighted by Crippen LogP contribution is -2.61. The fourth-order valence-corrected chi connectivity index (χ4v) is 4.95. The Bertz CT molecular complexity index is 605. The number of hydrogen-bond acceptors (Lipinski definition) is 6. The molecule has 0 fully saturated rings. The molecule has 37 heavy (non-hydrogen) atoms. The second kappa shape index (κ2) is 22.7. The molecule has 3 atom stereocenters. The number of aliphatic hydroxyl groups excluding tert-OH is 2. The highest BCUT2D eigenvalue weighted by Gasteiger charge is 2.55. The third-order valence-electron chi connectivity index (χ3n) is 7.46. The minimum atomic E-state index is -2.32. The molecule has 0 spiro atoms. The zero-order chi connectivity index (χ0) is 27.9. The van der Waals surface area contributed by atoms with E-state index < -0.39 is 41.8 Å². The zero-order valence-corrected chi connectivity index (χ0v) is 24.5. The van der Waals surface area contributed by atoms with Crippen LogP contribution >= 0.6 is 0 Å². The second-order valence-corrected chi connectivity index (χ2v) is 10.7. The first-order valence-corrected chi connectivity index (χ1v) is 15.4. The molecule has 6 nitrogen and oxygen atoms in total. The van der Waals surface area contributed by atoms with E-state index in [2.05, 4.69) is 13.8 Å². The summed E-state index contributed by atoms with van der Waals surface area (Å²) in [6.07, 6.45) is 15.4. The standard InChI is InChI=1S/C31H58O6/c1-5-9-12-14-16-18-20-23-27(33)31(28(34)25-32,30(36)26(8-4)22-11-7-3)37-29(35)24-21-19-17-15-13-10-6-2/h26,28,32,34H,5-25H2,1-4H3. The van der Waals surface area contributed by atoms with E-state index in [1.54, 1.807) is 0 Å². The van der Waals surface area contributed by atoms with E-state index in [-0.39, 0.29) is 12.8 Å². The first kappa shape index (κ1) is 35.7. The van der Waals surface area contributed by atoms with Gasteiger partial charge in [-0.2, -0.15) is 0 Å². The van der Waals surface area contributed by atoms with Crippen molar-refractivity contribution in [1.82, 2.24) is 0 Å². The van der Waals surface area contributed by atoms with Crippen LogP contribution in [0.2, 0.25) is 0 Å². The molecule has 0 amide bonds. The van der Waals surface area contributed by atoms with Gasteiger partial charge < -0.3 is 14.9 Å². The quantitative estimate of drug-likeness (QED) is 0.0699. The molecule has 0 aliphatic heterocycles. The monoisotopic (exact) mass is 526 g/mol. The molecule has 0 rings (SSSR count). The fourth-order valence-electron chi connectivity index (χ4n) is 4.95. The number of carbonyl (C=O) groups is 3. The molecule has 0 aromatic carbocycles. The van der Waals surface area contributed by atoms with Crippen LogP contribution in [0.3, 0.4) is 0 Å². The Hall–Kier alpha value is -1.27. The van der Waals surface area contributed by atoms with E-state index >= 15 is 0 Å². The Morgan fingerprint density at radius 2 is 1.14 bits per heavy atom. The maximum absolute atomic E-state index is 13.8. The lowest BCUT2D eigenvalue weighted by atomic mass is 9.77. The number of unbranched alkanes of at least 4 members (excludes halogenated alkanes) is 13. The molecule has 3 unspecified atom stereocenters. The summed E-state index contributed by atoms with van der Waals surface area (Å²) in [5.41, 5.74) is -2.32. The first-order chi connectivity index (χ1) is 17.8. The largest absolute Gasteiger partial charge is 0.440 e. The molecule has 2 N–H and O–H groups in total. The van der Waals surface area contributed by atoms with Crippen molar-refractivity contribution in [1.29, 1.82) is 0 Å². The van der Waals surface area contributed by atoms with Gasteiger partial charge >= 0.3 is 5.97 Å². The number of ketones is 2. The average Bonchev–Trinajstić information content (AvgIpc) is 2.90. The van der Waals surface area contributed by atoms with Crippen LogP contribution in [0, 0.1) is 5.92 Å². The topological polar surface area (TPSA) is 101 Å². The maximum Gasteiger partial charge on any atom is 0.307 e. The van der Waals surface area contributed by atoms with Gasteiger partial charge in [-0.3, -0.25) is 14.4 Å². The zero-order valence-electron chi connectivity index (χ0n) is 24.5. The molecule has 0 radical (unpaired) electrons. The van der Waals surface area contributed by atoms with Crippen LogP contribution in [0.1, 0.15) is 156 Å². The predicted molar refractivity (Wildman–Crippen MR) is 150 cm³/mol. The molecule has 0 saturated carbocycles. The Kier molecular flexibility index (Phi) is 21.9. The van der Waals surface area contributed by atoms with Gasteiger partial charge in [-0.25, -0.2) is 0 Å². The summed E-state index contributed by atoms with van der Waals surface area (Å²) in [5, 5.41) is 20.7. The molecule has 0 aromatic rings. The van der Waals surface area contributed by atoms with Gasteiger partial charge in [0, 0.05) is 18.8 Å². The Morgan fingerprint density at radius 1 is 0.676 bits per heavy atom. The Morgan fingerprint density at radius 3 is 1.59 bits per heavy atom. The van der Waals surface area contributed by atoms with Gasteiger partial charge in [-0.05, 0) is 25.7 Å². The third-order valence-corrected chi connectivity index (χ3v) is 7.46. The molecule has 0 aliphatic carbocycles. The highest BCUT2D eigenvalue weighted by molar-refractivity contribution is 6.13. The van der Waals surface area contributed by atoms with Crippen LogP contribution in [0.25, 0.3) is 0 Å². The van der Waals surface area contributed by atoms with Gasteiger partial charge in [0.05, 0.1) is 6.61 Å². The summed E-state index contributed by atoms with van der Waals surface area (Å²) < 4.78 is 5.68. The molecule has 0 saturated heterocycles. The van der Waals surface area contributed by atoms with Crippen LogP contribution in [-0.4, -0.2) is 46.1 Å². The number of esters is 1. The summed E-state index contributed by atoms with van der Waals surface area (Å²) >= 11 is 0. The number of rotatable bonds is 26. The minimum Gasteiger partial charge on any atom is -0.440 e. The van der Waals surface area contributed by atoms with Crippen molar-refractivity contribution in [3.63, 3.8) is 0 Å². The van der Waals surface area contributed by atoms with Crippen LogP contribution in [-0.2, 0) is 19.1 Å². The predicted octanol–water partition coefficient (Wildman–Crippen LogP) is 7.26. The second-order valence-electron chi connectivity index (χ2n) is 10.7. The highest BCUT2D eigenvalue weighted by atomic mass is 16.6. The SMILES string of the molecule is CCCCCCCCCC(=O)OC(C(=O)CCCCCCCCC)(C(=O)C(CC)CCCC)C(O)CO. The lowest BCUT2D eigenvalue weighted by Gasteiger charge is -2.36. The van der Waals surface area contributed by atoms with Gasteiger partial charge in [0.1, 0.15) is 6.10 Å². The molecule has 0 aliphatic rings. The first-order valence-electron chi connectivity index (χ1n) is 15.4. The number of hydrogen-bond donors (Lipinski definition) is 2. The van der Waals surface area contributed by atoms with Crippen molar-refractivity contribution in [2.75, 3.05) is 6.61 Å². The van der Waals surface area contributed by atoms with Crippen molar-refractivity contribution in [3.05, 3.63) is 0 Å². The van der Waals surface area contributed by atoms with Crippen LogP contribution in [0.4, 0.5) is 0 Å². The molecule has 218 valence electrons. The smallest absolute Gasteiger partial charge is 0.307 e. The van der Waals surface area contributed by atoms with E-state index in [0.29, 0.717) is 25.7 Å². The lowest BCUT2D eigenvalue weighted by molar-refractivity contribution is -0.190. The van der Waals surface area contributed by atoms with E-state index in [0.717, 1.165) is 51.4 Å². The minimum absolute atomic E-state index is 0.0471. The maximum atomic E-state index is 13.8. The number of aliphatic hydroxyl groups is 2. The summed E-state index contributed by atoms with van der Waals surface area (Å²) in [6.45, 7) is 7.42. The highest BCUT2D eigenvalue weighted by Crippen LogP contribution is 2.31. The van der Waals surface area contributed by atoms with Crippen LogP contribution in [0.5, 0.6) is 0 Å². The molecule has 0 bridgehead atoms. The summed E-state index contributed by atoms with van der Waals surface area (Å²) in [5.74, 6) is -2.28. The number of carbonyl (C=O) groups excluding carboxylic acids is 3. The van der Waals surface area contributed by atoms with E-state index in [4.69, 9.17) is 4.74 Å². The van der Waals surface area contributed by atoms with E-state index in [9.17, 15) is 24.6 Å². The van der Waals surface area contributed by atoms with Gasteiger partial charge in [0.25, 0.3) is 5.60 Å². The van der Waals surface area contributed by atoms with E-state index in [1.165, 1.54) is 38.5 Å². The van der Waals surface area contributed by atoms with Gasteiger partial charge in [0.2, 0.25) is 0 Å². The van der Waals surface area contributed by atoms with Crippen molar-refractivity contribution in [2.24, 2.45) is 5.92 Å². The van der Waals surface area contributed by atoms with Crippen LogP contribution in [0.15, 0.2) is 0 Å². The van der Waals surface area contributed by atoms with Gasteiger partial charge in [-0.1, -0.05) is 118 Å². The van der Waals surface area contributed by atoms with Crippen molar-refractivity contribution in [2.45, 2.75) is 168 Å². The van der Waals surface area contributed by atoms with Crippen molar-refractivity contribution >= 4 is 17.5 Å². The molecular weight excluding hydrogens is 468 g/mol. The number of Topliss-reactive ketones (excluding diaryl/α,β-unsaturated/α-hetero) is 2. The molecular formula is C31H58O6. The third kappa shape index (κ3) is 13.9. The van der Waals surface area contributed by atoms with Crippen molar-refractivity contribution < 1.29 is 29.3 Å². The summed E-state index contributed by atoms with van der Waals surface area (Å²) in [6, 6.07) is 0. The molecule has 0 aromatic heterocycles. The van der Waals surface area contributed by atoms with E-state index in [1.807, 2.05) is 13.8 Å². The van der Waals surface area contributed by atoms with Gasteiger partial charge in [0.15, 0.2) is 11.6 Å². The molecule has 6 heteroatoms. The fraction of sp³-hybridized carbons (Fsp3) is 0.903. The van der Waals surface area contributed by atoms with Crippen molar-refractivity contribution in [3.8, 4) is 0 Å². The summed E-state index contributed by atoms with van der Waals surface area (Å²) in [7, 11) is 0. The normalized spacial score (nSPS) is 14.6. The Labute approximate surface area is 227 Å². The molecule has 0 heterocycles. The summed E-state index contributed by atoms with van der Waals surface area (Å²) in [4.78, 5) is 40.3. The van der Waals surface area contributed by atoms with Gasteiger partial charge in [-0.15, -0.1) is 0 Å². The number of ether oxygens (including phenoxy) is 1. The Balaban J connectivity index is 5.50. The van der Waals surface area contributed by atoms with Crippen LogP contribution < -0.4 is 0 Å². The average molecular weight is 527 g/mol.